The Hall–Kier alpha value is -4.71. The molecule has 3 fully saturated rings. The van der Waals surface area contributed by atoms with Gasteiger partial charge in [0.1, 0.15) is 6.04 Å². The van der Waals surface area contributed by atoms with E-state index in [1.165, 1.54) is 0 Å². The molecule has 3 heterocycles. The van der Waals surface area contributed by atoms with Crippen molar-refractivity contribution in [1.82, 2.24) is 9.80 Å². The van der Waals surface area contributed by atoms with Crippen molar-refractivity contribution in [3.63, 3.8) is 0 Å². The van der Waals surface area contributed by atoms with Gasteiger partial charge in [-0.25, -0.2) is 4.79 Å². The summed E-state index contributed by atoms with van der Waals surface area (Å²) in [4.78, 5) is 45.4. The summed E-state index contributed by atoms with van der Waals surface area (Å²) in [6, 6.07) is 36.6. The fraction of sp³-hybridized carbons (Fsp3) is 0.250. The molecular formula is C36H34N2O4. The summed E-state index contributed by atoms with van der Waals surface area (Å²) >= 11 is 0. The molecule has 0 spiro atoms. The number of carboxylic acid groups (broad SMARTS) is 1. The summed E-state index contributed by atoms with van der Waals surface area (Å²) in [6.07, 6.45) is 1.31. The number of hydrogen-bond acceptors (Lipinski definition) is 3. The Balaban J connectivity index is 1.38. The lowest BCUT2D eigenvalue weighted by Gasteiger charge is -2.41. The quantitative estimate of drug-likeness (QED) is 0.323. The first-order valence-electron chi connectivity index (χ1n) is 14.6. The minimum absolute atomic E-state index is 0.0158. The summed E-state index contributed by atoms with van der Waals surface area (Å²) in [5.41, 5.74) is 3.36. The van der Waals surface area contributed by atoms with Crippen LogP contribution in [-0.4, -0.2) is 57.9 Å². The Labute approximate surface area is 246 Å². The first kappa shape index (κ1) is 27.5. The lowest BCUT2D eigenvalue weighted by Crippen LogP contribution is -2.58. The van der Waals surface area contributed by atoms with Crippen molar-refractivity contribution in [2.45, 2.75) is 36.8 Å². The molecule has 1 unspecified atom stereocenters. The second kappa shape index (κ2) is 12.0. The molecule has 3 aliphatic heterocycles. The van der Waals surface area contributed by atoms with E-state index in [2.05, 4.69) is 0 Å². The standard InChI is InChI=1S/C36H34N2O4/c39-34(31(26-13-5-1-6-14-26)27-15-7-2-8-16-27)37-23-25-21-22-30(37)33(36(41)42)38(24-25)35(40)32(28-17-9-3-10-18-28)29-19-11-4-12-20-29/h1-20,25,30-33H,21-24H2,(H,41,42)/t25-,30?,33-/m0/s1. The van der Waals surface area contributed by atoms with E-state index in [4.69, 9.17) is 0 Å². The van der Waals surface area contributed by atoms with Crippen LogP contribution in [0.25, 0.3) is 0 Å². The molecule has 6 nitrogen and oxygen atoms in total. The second-order valence-electron chi connectivity index (χ2n) is 11.3. The van der Waals surface area contributed by atoms with Crippen molar-refractivity contribution < 1.29 is 19.5 Å². The molecule has 4 aromatic rings. The molecule has 2 bridgehead atoms. The topological polar surface area (TPSA) is 77.9 Å². The highest BCUT2D eigenvalue weighted by Gasteiger charge is 2.50. The Morgan fingerprint density at radius 3 is 1.29 bits per heavy atom. The second-order valence-corrected chi connectivity index (χ2v) is 11.3. The normalized spacial score (nSPS) is 20.0. The monoisotopic (exact) mass is 558 g/mol. The number of carbonyl (C=O) groups is 3. The Kier molecular flexibility index (Phi) is 7.87. The molecule has 212 valence electrons. The van der Waals surface area contributed by atoms with Crippen LogP contribution in [0.1, 0.15) is 46.9 Å². The summed E-state index contributed by atoms with van der Waals surface area (Å²) in [7, 11) is 0. The van der Waals surface area contributed by atoms with Crippen LogP contribution >= 0.6 is 0 Å². The van der Waals surface area contributed by atoms with E-state index in [-0.39, 0.29) is 17.7 Å². The number of amides is 2. The highest BCUT2D eigenvalue weighted by Crippen LogP contribution is 2.38. The lowest BCUT2D eigenvalue weighted by molar-refractivity contribution is -0.154. The molecule has 0 radical (unpaired) electrons. The van der Waals surface area contributed by atoms with Gasteiger partial charge in [-0.2, -0.15) is 0 Å². The van der Waals surface area contributed by atoms with E-state index in [1.54, 1.807) is 9.80 Å². The predicted molar refractivity (Wildman–Crippen MR) is 161 cm³/mol. The van der Waals surface area contributed by atoms with Crippen LogP contribution in [0.15, 0.2) is 121 Å². The Morgan fingerprint density at radius 2 is 0.905 bits per heavy atom. The lowest BCUT2D eigenvalue weighted by atomic mass is 9.86. The SMILES string of the molecule is O=C(O)[C@@H]1C2CC[C@@H](CN2C(=O)C(c2ccccc2)c2ccccc2)CN1C(=O)C(c1ccccc1)c1ccccc1. The van der Waals surface area contributed by atoms with Crippen LogP contribution in [0.2, 0.25) is 0 Å². The molecule has 0 saturated carbocycles. The molecule has 3 saturated heterocycles. The van der Waals surface area contributed by atoms with Gasteiger partial charge in [-0.05, 0) is 41.0 Å². The number of rotatable bonds is 7. The van der Waals surface area contributed by atoms with E-state index >= 15 is 0 Å². The van der Waals surface area contributed by atoms with Crippen molar-refractivity contribution in [3.05, 3.63) is 144 Å². The molecule has 3 aliphatic rings. The van der Waals surface area contributed by atoms with Gasteiger partial charge in [-0.3, -0.25) is 9.59 Å². The van der Waals surface area contributed by atoms with Gasteiger partial charge in [-0.15, -0.1) is 0 Å². The Bertz CT molecular complexity index is 1450. The number of aliphatic carboxylic acids is 1. The molecule has 7 rings (SSSR count). The minimum atomic E-state index is -1.14. The molecule has 2 amide bonds. The highest BCUT2D eigenvalue weighted by atomic mass is 16.4. The molecular weight excluding hydrogens is 524 g/mol. The maximum atomic E-state index is 14.5. The van der Waals surface area contributed by atoms with E-state index in [0.717, 1.165) is 28.7 Å². The van der Waals surface area contributed by atoms with Gasteiger partial charge in [0, 0.05) is 13.1 Å². The van der Waals surface area contributed by atoms with Gasteiger partial charge in [0.25, 0.3) is 0 Å². The summed E-state index contributed by atoms with van der Waals surface area (Å²) < 4.78 is 0. The molecule has 1 N–H and O–H groups in total. The third-order valence-corrected chi connectivity index (χ3v) is 8.73. The van der Waals surface area contributed by atoms with Gasteiger partial charge in [0.15, 0.2) is 0 Å². The van der Waals surface area contributed by atoms with Crippen LogP contribution in [0.5, 0.6) is 0 Å². The summed E-state index contributed by atoms with van der Waals surface area (Å²) in [6.45, 7) is 0.724. The van der Waals surface area contributed by atoms with Gasteiger partial charge >= 0.3 is 5.97 Å². The molecule has 42 heavy (non-hydrogen) atoms. The van der Waals surface area contributed by atoms with Crippen molar-refractivity contribution >= 4 is 17.8 Å². The maximum Gasteiger partial charge on any atom is 0.328 e. The van der Waals surface area contributed by atoms with Crippen LogP contribution in [0.4, 0.5) is 0 Å². The first-order valence-corrected chi connectivity index (χ1v) is 14.6. The van der Waals surface area contributed by atoms with Gasteiger partial charge in [0.2, 0.25) is 11.8 Å². The van der Waals surface area contributed by atoms with E-state index in [1.807, 2.05) is 121 Å². The maximum absolute atomic E-state index is 14.5. The van der Waals surface area contributed by atoms with Crippen molar-refractivity contribution in [1.29, 1.82) is 0 Å². The highest BCUT2D eigenvalue weighted by molar-refractivity contribution is 5.93. The fourth-order valence-electron chi connectivity index (χ4n) is 6.79. The number of nitrogens with zero attached hydrogens (tertiary/aromatic N) is 2. The van der Waals surface area contributed by atoms with E-state index < -0.39 is 29.9 Å². The third kappa shape index (κ3) is 5.32. The van der Waals surface area contributed by atoms with Gasteiger partial charge in [0.05, 0.1) is 17.9 Å². The predicted octanol–water partition coefficient (Wildman–Crippen LogP) is 5.55. The molecule has 6 heteroatoms. The molecule has 0 aliphatic carbocycles. The fourth-order valence-corrected chi connectivity index (χ4v) is 6.79. The van der Waals surface area contributed by atoms with Gasteiger partial charge < -0.3 is 14.9 Å². The largest absolute Gasteiger partial charge is 0.480 e. The molecule has 4 aromatic carbocycles. The zero-order chi connectivity index (χ0) is 29.1. The number of carboxylic acids is 1. The van der Waals surface area contributed by atoms with Crippen LogP contribution in [0.3, 0.4) is 0 Å². The van der Waals surface area contributed by atoms with Crippen LogP contribution in [0, 0.1) is 5.92 Å². The Morgan fingerprint density at radius 1 is 0.548 bits per heavy atom. The summed E-state index contributed by atoms with van der Waals surface area (Å²) in [5, 5.41) is 10.7. The zero-order valence-corrected chi connectivity index (χ0v) is 23.3. The van der Waals surface area contributed by atoms with Crippen molar-refractivity contribution in [3.8, 4) is 0 Å². The van der Waals surface area contributed by atoms with Crippen LogP contribution < -0.4 is 0 Å². The third-order valence-electron chi connectivity index (χ3n) is 8.73. The number of fused-ring (bicyclic) bond motifs is 4. The average Bonchev–Trinajstić information content (AvgIpc) is 3.32. The minimum Gasteiger partial charge on any atom is -0.480 e. The van der Waals surface area contributed by atoms with Gasteiger partial charge in [-0.1, -0.05) is 121 Å². The number of hydrogen-bond donors (Lipinski definition) is 1. The van der Waals surface area contributed by atoms with Crippen molar-refractivity contribution in [2.24, 2.45) is 5.92 Å². The van der Waals surface area contributed by atoms with E-state index in [0.29, 0.717) is 19.5 Å². The number of benzene rings is 4. The average molecular weight is 559 g/mol. The summed E-state index contributed by atoms with van der Waals surface area (Å²) in [5.74, 6) is -2.66. The first-order chi connectivity index (χ1) is 20.5. The molecule has 3 atom stereocenters. The molecule has 0 aromatic heterocycles. The van der Waals surface area contributed by atoms with Crippen molar-refractivity contribution in [2.75, 3.05) is 13.1 Å². The zero-order valence-electron chi connectivity index (χ0n) is 23.3. The smallest absolute Gasteiger partial charge is 0.328 e. The van der Waals surface area contributed by atoms with Crippen LogP contribution in [-0.2, 0) is 14.4 Å². The number of carbonyl (C=O) groups excluding carboxylic acids is 2. The van der Waals surface area contributed by atoms with E-state index in [9.17, 15) is 19.5 Å². The number of piperidine rings is 1.